The number of nitrogens with one attached hydrogen (secondary N) is 1. The molecule has 1 aliphatic rings. The first-order valence-electron chi connectivity index (χ1n) is 5.76. The van der Waals surface area contributed by atoms with Crippen LogP contribution >= 0.6 is 15.9 Å². The van der Waals surface area contributed by atoms with Gasteiger partial charge in [-0.2, -0.15) is 0 Å². The summed E-state index contributed by atoms with van der Waals surface area (Å²) in [5.41, 5.74) is 1.23. The normalized spacial score (nSPS) is 18.3. The van der Waals surface area contributed by atoms with Gasteiger partial charge in [-0.1, -0.05) is 35.2 Å². The molecule has 0 amide bonds. The third-order valence-electron chi connectivity index (χ3n) is 3.17. The molecule has 1 saturated carbocycles. The molecular formula is C13H18BrN. The summed E-state index contributed by atoms with van der Waals surface area (Å²) in [7, 11) is 0. The number of anilines is 1. The third kappa shape index (κ3) is 3.23. The van der Waals surface area contributed by atoms with Crippen LogP contribution in [0.2, 0.25) is 0 Å². The van der Waals surface area contributed by atoms with Crippen molar-refractivity contribution in [1.82, 2.24) is 0 Å². The molecule has 1 fully saturated rings. The van der Waals surface area contributed by atoms with Gasteiger partial charge in [-0.05, 0) is 43.5 Å². The van der Waals surface area contributed by atoms with Gasteiger partial charge in [0.15, 0.2) is 0 Å². The van der Waals surface area contributed by atoms with Crippen LogP contribution in [0.5, 0.6) is 0 Å². The highest BCUT2D eigenvalue weighted by molar-refractivity contribution is 9.10. The van der Waals surface area contributed by atoms with Crippen molar-refractivity contribution in [2.24, 2.45) is 5.92 Å². The molecule has 0 heterocycles. The molecule has 1 aromatic carbocycles. The van der Waals surface area contributed by atoms with Gasteiger partial charge in [-0.15, -0.1) is 0 Å². The summed E-state index contributed by atoms with van der Waals surface area (Å²) < 4.78 is 1.14. The minimum absolute atomic E-state index is 0.594. The van der Waals surface area contributed by atoms with Crippen molar-refractivity contribution in [3.63, 3.8) is 0 Å². The average molecular weight is 268 g/mol. The van der Waals surface area contributed by atoms with Crippen molar-refractivity contribution in [2.75, 3.05) is 5.32 Å². The smallest absolute Gasteiger partial charge is 0.0342 e. The van der Waals surface area contributed by atoms with Gasteiger partial charge in [0.2, 0.25) is 0 Å². The Morgan fingerprint density at radius 2 is 2.00 bits per heavy atom. The van der Waals surface area contributed by atoms with E-state index < -0.39 is 0 Å². The van der Waals surface area contributed by atoms with E-state index in [-0.39, 0.29) is 0 Å². The van der Waals surface area contributed by atoms with Crippen molar-refractivity contribution < 1.29 is 0 Å². The fourth-order valence-electron chi connectivity index (χ4n) is 2.12. The lowest BCUT2D eigenvalue weighted by molar-refractivity contribution is 0.286. The lowest BCUT2D eigenvalue weighted by Gasteiger charge is -2.28. The SMILES string of the molecule is CC(CC1CCC1)Nc1ccc(Br)cc1. The molecule has 2 rings (SSSR count). The lowest BCUT2D eigenvalue weighted by Crippen LogP contribution is -2.23. The Bertz CT molecular complexity index is 303. The Hall–Kier alpha value is -0.500. The first-order valence-corrected chi connectivity index (χ1v) is 6.55. The fourth-order valence-corrected chi connectivity index (χ4v) is 2.38. The van der Waals surface area contributed by atoms with E-state index >= 15 is 0 Å². The van der Waals surface area contributed by atoms with Crippen LogP contribution in [0.3, 0.4) is 0 Å². The minimum atomic E-state index is 0.594. The van der Waals surface area contributed by atoms with Crippen molar-refractivity contribution in [2.45, 2.75) is 38.6 Å². The van der Waals surface area contributed by atoms with E-state index in [4.69, 9.17) is 0 Å². The highest BCUT2D eigenvalue weighted by atomic mass is 79.9. The molecule has 15 heavy (non-hydrogen) atoms. The zero-order valence-corrected chi connectivity index (χ0v) is 10.8. The largest absolute Gasteiger partial charge is 0.383 e. The molecule has 1 nitrogen and oxygen atoms in total. The van der Waals surface area contributed by atoms with E-state index in [1.807, 2.05) is 0 Å². The van der Waals surface area contributed by atoms with Gasteiger partial charge < -0.3 is 5.32 Å². The molecule has 0 spiro atoms. The van der Waals surface area contributed by atoms with Gasteiger partial charge in [-0.25, -0.2) is 0 Å². The minimum Gasteiger partial charge on any atom is -0.383 e. The summed E-state index contributed by atoms with van der Waals surface area (Å²) in [6.45, 7) is 2.28. The summed E-state index contributed by atoms with van der Waals surface area (Å²) in [6.07, 6.45) is 5.63. The second-order valence-electron chi connectivity index (χ2n) is 4.58. The van der Waals surface area contributed by atoms with Crippen LogP contribution in [0.25, 0.3) is 0 Å². The molecular weight excluding hydrogens is 250 g/mol. The quantitative estimate of drug-likeness (QED) is 0.851. The van der Waals surface area contributed by atoms with Crippen molar-refractivity contribution in [1.29, 1.82) is 0 Å². The van der Waals surface area contributed by atoms with E-state index in [9.17, 15) is 0 Å². The van der Waals surface area contributed by atoms with Crippen LogP contribution in [0.15, 0.2) is 28.7 Å². The Morgan fingerprint density at radius 3 is 2.53 bits per heavy atom. The standard InChI is InChI=1S/C13H18BrN/c1-10(9-11-3-2-4-11)15-13-7-5-12(14)6-8-13/h5-8,10-11,15H,2-4,9H2,1H3. The molecule has 1 aliphatic carbocycles. The first kappa shape index (κ1) is 11.0. The molecule has 0 bridgehead atoms. The van der Waals surface area contributed by atoms with Gasteiger partial charge in [0.1, 0.15) is 0 Å². The molecule has 0 saturated heterocycles. The maximum absolute atomic E-state index is 3.55. The second kappa shape index (κ2) is 5.02. The third-order valence-corrected chi connectivity index (χ3v) is 3.70. The fraction of sp³-hybridized carbons (Fsp3) is 0.538. The van der Waals surface area contributed by atoms with Crippen LogP contribution in [0, 0.1) is 5.92 Å². The zero-order valence-electron chi connectivity index (χ0n) is 9.17. The molecule has 82 valence electrons. The number of rotatable bonds is 4. The van der Waals surface area contributed by atoms with Crippen LogP contribution < -0.4 is 5.32 Å². The van der Waals surface area contributed by atoms with Crippen LogP contribution in [0.4, 0.5) is 5.69 Å². The summed E-state index contributed by atoms with van der Waals surface area (Å²) in [5, 5.41) is 3.55. The van der Waals surface area contributed by atoms with Gasteiger partial charge in [0.25, 0.3) is 0 Å². The maximum Gasteiger partial charge on any atom is 0.0342 e. The van der Waals surface area contributed by atoms with Crippen molar-refractivity contribution in [3.05, 3.63) is 28.7 Å². The maximum atomic E-state index is 3.55. The molecule has 0 radical (unpaired) electrons. The number of benzene rings is 1. The number of hydrogen-bond donors (Lipinski definition) is 1. The van der Waals surface area contributed by atoms with Gasteiger partial charge in [0, 0.05) is 16.2 Å². The van der Waals surface area contributed by atoms with Gasteiger partial charge in [-0.3, -0.25) is 0 Å². The highest BCUT2D eigenvalue weighted by Crippen LogP contribution is 2.31. The number of hydrogen-bond acceptors (Lipinski definition) is 1. The molecule has 1 N–H and O–H groups in total. The van der Waals surface area contributed by atoms with Crippen LogP contribution in [-0.2, 0) is 0 Å². The Morgan fingerprint density at radius 1 is 1.33 bits per heavy atom. The molecule has 1 unspecified atom stereocenters. The number of halogens is 1. The molecule has 1 atom stereocenters. The summed E-state index contributed by atoms with van der Waals surface area (Å²) in [6, 6.07) is 9.01. The van der Waals surface area contributed by atoms with Crippen molar-refractivity contribution in [3.8, 4) is 0 Å². The lowest BCUT2D eigenvalue weighted by atomic mass is 9.81. The van der Waals surface area contributed by atoms with Gasteiger partial charge >= 0.3 is 0 Å². The highest BCUT2D eigenvalue weighted by Gasteiger charge is 2.19. The average Bonchev–Trinajstić information content (AvgIpc) is 2.16. The molecule has 0 aliphatic heterocycles. The van der Waals surface area contributed by atoms with Gasteiger partial charge in [0.05, 0.1) is 0 Å². The van der Waals surface area contributed by atoms with Crippen molar-refractivity contribution >= 4 is 21.6 Å². The van der Waals surface area contributed by atoms with E-state index in [1.54, 1.807) is 0 Å². The predicted octanol–water partition coefficient (Wildman–Crippen LogP) is 4.44. The molecule has 2 heteroatoms. The predicted molar refractivity (Wildman–Crippen MR) is 69.2 cm³/mol. The van der Waals surface area contributed by atoms with Crippen LogP contribution in [-0.4, -0.2) is 6.04 Å². The van der Waals surface area contributed by atoms with Crippen LogP contribution in [0.1, 0.15) is 32.6 Å². The second-order valence-corrected chi connectivity index (χ2v) is 5.50. The van der Waals surface area contributed by atoms with E-state index in [0.29, 0.717) is 6.04 Å². The zero-order chi connectivity index (χ0) is 10.7. The summed E-state index contributed by atoms with van der Waals surface area (Å²) in [4.78, 5) is 0. The summed E-state index contributed by atoms with van der Waals surface area (Å²) >= 11 is 3.44. The Labute approximate surface area is 100 Å². The monoisotopic (exact) mass is 267 g/mol. The Kier molecular flexibility index (Phi) is 3.68. The Balaban J connectivity index is 1.82. The molecule has 0 aromatic heterocycles. The summed E-state index contributed by atoms with van der Waals surface area (Å²) in [5.74, 6) is 0.975. The van der Waals surface area contributed by atoms with E-state index in [2.05, 4.69) is 52.4 Å². The molecule has 1 aromatic rings. The topological polar surface area (TPSA) is 12.0 Å². The van der Waals surface area contributed by atoms with E-state index in [1.165, 1.54) is 31.4 Å². The van der Waals surface area contributed by atoms with E-state index in [0.717, 1.165) is 10.4 Å². The first-order chi connectivity index (χ1) is 7.24.